The van der Waals surface area contributed by atoms with Gasteiger partial charge < -0.3 is 14.4 Å². The topological polar surface area (TPSA) is 63.2 Å². The van der Waals surface area contributed by atoms with Crippen molar-refractivity contribution in [2.75, 3.05) is 26.3 Å². The van der Waals surface area contributed by atoms with Gasteiger partial charge in [0.15, 0.2) is 0 Å². The number of nitrogens with one attached hydrogen (secondary N) is 1. The zero-order chi connectivity index (χ0) is 24.0. The van der Waals surface area contributed by atoms with Crippen molar-refractivity contribution in [2.45, 2.75) is 12.8 Å². The number of ether oxygens (including phenoxy) is 2. The molecule has 178 valence electrons. The zero-order valence-corrected chi connectivity index (χ0v) is 20.0. The highest BCUT2D eigenvalue weighted by molar-refractivity contribution is 6.30. The van der Waals surface area contributed by atoms with Crippen LogP contribution in [0.25, 0.3) is 16.8 Å². The maximum atomic E-state index is 12.3. The second-order valence-electron chi connectivity index (χ2n) is 8.46. The molecule has 0 atom stereocenters. The Hall–Kier alpha value is -3.61. The summed E-state index contributed by atoms with van der Waals surface area (Å²) in [5, 5.41) is 7.01. The molecule has 1 heterocycles. The monoisotopic (exact) mass is 487 g/mol. The number of fused-ring (bicyclic) bond motifs is 1. The highest BCUT2D eigenvalue weighted by Crippen LogP contribution is 2.35. The molecule has 0 aromatic heterocycles. The van der Waals surface area contributed by atoms with Gasteiger partial charge in [0.1, 0.15) is 5.75 Å². The van der Waals surface area contributed by atoms with Gasteiger partial charge in [-0.25, -0.2) is 10.2 Å². The second kappa shape index (κ2) is 10.8. The summed E-state index contributed by atoms with van der Waals surface area (Å²) in [4.78, 5) is 14.7. The van der Waals surface area contributed by atoms with Crippen LogP contribution in [0.5, 0.6) is 5.75 Å². The number of allylic oxidation sites excluding steroid dienone is 2. The number of hydrazone groups is 1. The van der Waals surface area contributed by atoms with Gasteiger partial charge >= 0.3 is 6.09 Å². The van der Waals surface area contributed by atoms with Crippen LogP contribution in [0.3, 0.4) is 0 Å². The fourth-order valence-corrected chi connectivity index (χ4v) is 4.58. The van der Waals surface area contributed by atoms with E-state index in [0.29, 0.717) is 19.0 Å². The maximum absolute atomic E-state index is 12.3. The first kappa shape index (κ1) is 23.1. The Bertz CT molecular complexity index is 1310. The number of halogens is 1. The lowest BCUT2D eigenvalue weighted by atomic mass is 10.1. The Morgan fingerprint density at radius 1 is 1.00 bits per heavy atom. The highest BCUT2D eigenvalue weighted by atomic mass is 35.5. The first-order valence-corrected chi connectivity index (χ1v) is 12.1. The molecule has 7 heteroatoms. The molecule has 1 N–H and O–H groups in total. The molecule has 3 aromatic carbocycles. The van der Waals surface area contributed by atoms with Crippen molar-refractivity contribution in [3.8, 4) is 5.75 Å². The average molecular weight is 488 g/mol. The van der Waals surface area contributed by atoms with Crippen molar-refractivity contribution in [2.24, 2.45) is 5.10 Å². The van der Waals surface area contributed by atoms with E-state index in [1.807, 2.05) is 60.7 Å². The number of hydrogen-bond donors (Lipinski definition) is 1. The van der Waals surface area contributed by atoms with Crippen molar-refractivity contribution >= 4 is 40.8 Å². The van der Waals surface area contributed by atoms with Gasteiger partial charge in [-0.3, -0.25) is 0 Å². The molecule has 5 rings (SSSR count). The van der Waals surface area contributed by atoms with E-state index in [1.165, 1.54) is 5.57 Å². The van der Waals surface area contributed by atoms with E-state index in [0.717, 1.165) is 58.6 Å². The largest absolute Gasteiger partial charge is 0.433 e. The molecule has 1 saturated heterocycles. The summed E-state index contributed by atoms with van der Waals surface area (Å²) in [6, 6.07) is 21.3. The van der Waals surface area contributed by atoms with Crippen molar-refractivity contribution in [3.05, 3.63) is 94.2 Å². The minimum absolute atomic E-state index is 0.471. The molecule has 6 nitrogen and oxygen atoms in total. The van der Waals surface area contributed by atoms with Gasteiger partial charge in [0.25, 0.3) is 0 Å². The van der Waals surface area contributed by atoms with Gasteiger partial charge in [-0.2, -0.15) is 5.10 Å². The third kappa shape index (κ3) is 5.73. The molecular formula is C28H26ClN3O3. The summed E-state index contributed by atoms with van der Waals surface area (Å²) in [5.74, 6) is 0.471. The van der Waals surface area contributed by atoms with Crippen LogP contribution in [0.2, 0.25) is 5.02 Å². The summed E-state index contributed by atoms with van der Waals surface area (Å²) in [5.41, 5.74) is 7.09. The number of morpholine rings is 1. The predicted octanol–water partition coefficient (Wildman–Crippen LogP) is 6.03. The third-order valence-electron chi connectivity index (χ3n) is 6.12. The number of amides is 1. The van der Waals surface area contributed by atoms with Crippen molar-refractivity contribution in [3.63, 3.8) is 0 Å². The molecule has 1 aliphatic carbocycles. The van der Waals surface area contributed by atoms with Crippen molar-refractivity contribution in [1.82, 2.24) is 10.3 Å². The normalized spacial score (nSPS) is 17.5. The van der Waals surface area contributed by atoms with Gasteiger partial charge in [0.2, 0.25) is 0 Å². The summed E-state index contributed by atoms with van der Waals surface area (Å²) >= 11 is 6.05. The van der Waals surface area contributed by atoms with E-state index < -0.39 is 6.09 Å². The predicted molar refractivity (Wildman–Crippen MR) is 140 cm³/mol. The summed E-state index contributed by atoms with van der Waals surface area (Å²) < 4.78 is 11.0. The SMILES string of the molecule is O=C(N/N=C/C1=C(N2CCOCC2)C(=C/c2ccc(Cl)cc2)/CC1)Oc1ccc2ccccc2c1. The molecule has 0 spiro atoms. The molecule has 3 aromatic rings. The van der Waals surface area contributed by atoms with Crippen LogP contribution >= 0.6 is 11.6 Å². The molecule has 1 aliphatic heterocycles. The average Bonchev–Trinajstić information content (AvgIpc) is 3.28. The Balaban J connectivity index is 1.31. The first-order valence-electron chi connectivity index (χ1n) is 11.7. The van der Waals surface area contributed by atoms with Gasteiger partial charge in [-0.05, 0) is 70.7 Å². The zero-order valence-electron chi connectivity index (χ0n) is 19.2. The van der Waals surface area contributed by atoms with E-state index in [4.69, 9.17) is 21.1 Å². The lowest BCUT2D eigenvalue weighted by Crippen LogP contribution is -2.36. The molecule has 0 bridgehead atoms. The van der Waals surface area contributed by atoms with E-state index in [9.17, 15) is 4.79 Å². The number of carbonyl (C=O) groups is 1. The Morgan fingerprint density at radius 2 is 1.77 bits per heavy atom. The smallest absolute Gasteiger partial charge is 0.409 e. The number of rotatable bonds is 5. The quantitative estimate of drug-likeness (QED) is 0.352. The van der Waals surface area contributed by atoms with Crippen LogP contribution in [0.1, 0.15) is 18.4 Å². The van der Waals surface area contributed by atoms with Crippen LogP contribution in [0, 0.1) is 0 Å². The summed E-state index contributed by atoms with van der Waals surface area (Å²) in [6.45, 7) is 3.03. The molecule has 1 amide bonds. The van der Waals surface area contributed by atoms with Crippen LogP contribution < -0.4 is 10.2 Å². The second-order valence-corrected chi connectivity index (χ2v) is 8.90. The molecule has 2 aliphatic rings. The third-order valence-corrected chi connectivity index (χ3v) is 6.37. The first-order chi connectivity index (χ1) is 17.2. The lowest BCUT2D eigenvalue weighted by molar-refractivity contribution is 0.0548. The van der Waals surface area contributed by atoms with Crippen LogP contribution in [-0.2, 0) is 4.74 Å². The van der Waals surface area contributed by atoms with E-state index in [2.05, 4.69) is 21.5 Å². The van der Waals surface area contributed by atoms with Gasteiger partial charge in [0, 0.05) is 23.8 Å². The fraction of sp³-hybridized carbons (Fsp3) is 0.214. The van der Waals surface area contributed by atoms with Gasteiger partial charge in [0.05, 0.1) is 19.4 Å². The molecule has 35 heavy (non-hydrogen) atoms. The van der Waals surface area contributed by atoms with Crippen molar-refractivity contribution < 1.29 is 14.3 Å². The van der Waals surface area contributed by atoms with Crippen LogP contribution in [0.15, 0.2) is 88.7 Å². The molecule has 0 saturated carbocycles. The lowest BCUT2D eigenvalue weighted by Gasteiger charge is -2.31. The Labute approximate surface area is 209 Å². The van der Waals surface area contributed by atoms with E-state index in [-0.39, 0.29) is 0 Å². The molecular weight excluding hydrogens is 462 g/mol. The van der Waals surface area contributed by atoms with Gasteiger partial charge in [-0.1, -0.05) is 54.1 Å². The number of carbonyl (C=O) groups excluding carboxylic acids is 1. The number of benzene rings is 3. The number of nitrogens with zero attached hydrogens (tertiary/aromatic N) is 2. The van der Waals surface area contributed by atoms with E-state index in [1.54, 1.807) is 12.3 Å². The molecule has 0 unspecified atom stereocenters. The number of hydrogen-bond acceptors (Lipinski definition) is 5. The standard InChI is InChI=1S/C28H26ClN3O3/c29-25-10-5-20(6-11-25)17-23-7-8-24(27(23)32-13-15-34-16-14-32)19-30-31-28(33)35-26-12-9-21-3-1-2-4-22(21)18-26/h1-6,9-12,17-19H,7-8,13-16H2,(H,31,33)/b23-17+,30-19+. The minimum Gasteiger partial charge on any atom is -0.409 e. The minimum atomic E-state index is -0.625. The van der Waals surface area contributed by atoms with Crippen LogP contribution in [0.4, 0.5) is 4.79 Å². The fourth-order valence-electron chi connectivity index (χ4n) is 4.46. The van der Waals surface area contributed by atoms with Crippen LogP contribution in [-0.4, -0.2) is 43.5 Å². The highest BCUT2D eigenvalue weighted by Gasteiger charge is 2.25. The maximum Gasteiger partial charge on any atom is 0.433 e. The van der Waals surface area contributed by atoms with E-state index >= 15 is 0 Å². The van der Waals surface area contributed by atoms with Gasteiger partial charge in [-0.15, -0.1) is 0 Å². The Morgan fingerprint density at radius 3 is 2.57 bits per heavy atom. The Kier molecular flexibility index (Phi) is 7.12. The van der Waals surface area contributed by atoms with Crippen molar-refractivity contribution in [1.29, 1.82) is 0 Å². The summed E-state index contributed by atoms with van der Waals surface area (Å²) in [6.07, 6.45) is 5.05. The molecule has 1 fully saturated rings. The molecule has 0 radical (unpaired) electrons. The summed E-state index contributed by atoms with van der Waals surface area (Å²) in [7, 11) is 0.